The van der Waals surface area contributed by atoms with Crippen LogP contribution in [0.3, 0.4) is 0 Å². The van der Waals surface area contributed by atoms with Crippen LogP contribution in [0.5, 0.6) is 0 Å². The van der Waals surface area contributed by atoms with Crippen molar-refractivity contribution in [2.45, 2.75) is 6.10 Å². The number of para-hydroxylation sites is 1. The van der Waals surface area contributed by atoms with Gasteiger partial charge >= 0.3 is 0 Å². The summed E-state index contributed by atoms with van der Waals surface area (Å²) in [5, 5.41) is 16.5. The van der Waals surface area contributed by atoms with E-state index in [0.717, 1.165) is 11.3 Å². The van der Waals surface area contributed by atoms with Gasteiger partial charge in [0.15, 0.2) is 5.11 Å². The molecule has 0 saturated carbocycles. The highest BCUT2D eigenvalue weighted by molar-refractivity contribution is 7.80. The van der Waals surface area contributed by atoms with Crippen LogP contribution in [0.1, 0.15) is 11.7 Å². The van der Waals surface area contributed by atoms with Crippen LogP contribution in [-0.4, -0.2) is 16.8 Å². The summed E-state index contributed by atoms with van der Waals surface area (Å²) in [5.74, 6) is 0. The fourth-order valence-corrected chi connectivity index (χ4v) is 1.88. The van der Waals surface area contributed by atoms with Crippen molar-refractivity contribution >= 4 is 23.0 Å². The van der Waals surface area contributed by atoms with Crippen molar-refractivity contribution in [1.82, 2.24) is 5.32 Å². The molecule has 3 N–H and O–H groups in total. The van der Waals surface area contributed by atoms with Crippen molar-refractivity contribution in [2.24, 2.45) is 0 Å². The van der Waals surface area contributed by atoms with Gasteiger partial charge in [-0.05, 0) is 29.9 Å². The predicted octanol–water partition coefficient (Wildman–Crippen LogP) is 2.71. The largest absolute Gasteiger partial charge is 0.387 e. The van der Waals surface area contributed by atoms with Crippen LogP contribution >= 0.6 is 12.2 Å². The molecule has 0 aliphatic rings. The predicted molar refractivity (Wildman–Crippen MR) is 82.1 cm³/mol. The number of nitrogens with one attached hydrogen (secondary N) is 2. The molecule has 2 rings (SSSR count). The smallest absolute Gasteiger partial charge is 0.170 e. The third-order valence-electron chi connectivity index (χ3n) is 2.67. The normalized spacial score (nSPS) is 11.6. The number of hydrogen-bond acceptors (Lipinski definition) is 2. The number of hydrogen-bond donors (Lipinski definition) is 3. The third-order valence-corrected chi connectivity index (χ3v) is 2.92. The zero-order valence-corrected chi connectivity index (χ0v) is 11.2. The Hall–Kier alpha value is -1.91. The molecule has 0 aliphatic carbocycles. The van der Waals surface area contributed by atoms with Crippen molar-refractivity contribution in [3.8, 4) is 0 Å². The highest BCUT2D eigenvalue weighted by atomic mass is 32.1. The van der Waals surface area contributed by atoms with E-state index >= 15 is 0 Å². The van der Waals surface area contributed by atoms with Gasteiger partial charge < -0.3 is 15.7 Å². The Labute approximate surface area is 118 Å². The standard InChI is InChI=1S/C15H16N2OS/c18-14(12-7-3-1-4-8-12)11-16-15(19)17-13-9-5-2-6-10-13/h1-10,14,18H,11H2,(H2,16,17,19)/t14-/m1/s1. The van der Waals surface area contributed by atoms with E-state index in [9.17, 15) is 5.11 Å². The molecule has 0 saturated heterocycles. The number of aliphatic hydroxyl groups excluding tert-OH is 1. The van der Waals surface area contributed by atoms with Crippen LogP contribution in [-0.2, 0) is 0 Å². The minimum absolute atomic E-state index is 0.378. The molecule has 0 unspecified atom stereocenters. The van der Waals surface area contributed by atoms with Crippen LogP contribution in [0.25, 0.3) is 0 Å². The second kappa shape index (κ2) is 6.87. The van der Waals surface area contributed by atoms with Crippen LogP contribution in [0.4, 0.5) is 5.69 Å². The minimum atomic E-state index is -0.572. The fourth-order valence-electron chi connectivity index (χ4n) is 1.68. The maximum absolute atomic E-state index is 9.99. The molecule has 0 bridgehead atoms. The molecular formula is C15H16N2OS. The van der Waals surface area contributed by atoms with Gasteiger partial charge in [0.1, 0.15) is 0 Å². The van der Waals surface area contributed by atoms with E-state index in [1.807, 2.05) is 60.7 Å². The number of rotatable bonds is 4. The summed E-state index contributed by atoms with van der Waals surface area (Å²) in [6.07, 6.45) is -0.572. The molecule has 0 radical (unpaired) electrons. The van der Waals surface area contributed by atoms with Crippen LogP contribution < -0.4 is 10.6 Å². The first-order valence-electron chi connectivity index (χ1n) is 6.08. The lowest BCUT2D eigenvalue weighted by molar-refractivity contribution is 0.181. The highest BCUT2D eigenvalue weighted by Crippen LogP contribution is 2.10. The average Bonchev–Trinajstić information content (AvgIpc) is 2.47. The average molecular weight is 272 g/mol. The lowest BCUT2D eigenvalue weighted by atomic mass is 10.1. The van der Waals surface area contributed by atoms with Gasteiger partial charge in [-0.1, -0.05) is 48.5 Å². The molecule has 19 heavy (non-hydrogen) atoms. The summed E-state index contributed by atoms with van der Waals surface area (Å²) < 4.78 is 0. The lowest BCUT2D eigenvalue weighted by Crippen LogP contribution is -2.32. The lowest BCUT2D eigenvalue weighted by Gasteiger charge is -2.14. The molecule has 1 atom stereocenters. The first-order chi connectivity index (χ1) is 9.25. The summed E-state index contributed by atoms with van der Waals surface area (Å²) in [6, 6.07) is 19.2. The highest BCUT2D eigenvalue weighted by Gasteiger charge is 2.07. The Morgan fingerprint density at radius 1 is 1.00 bits per heavy atom. The van der Waals surface area contributed by atoms with E-state index in [2.05, 4.69) is 10.6 Å². The van der Waals surface area contributed by atoms with Crippen molar-refractivity contribution in [3.05, 3.63) is 66.2 Å². The third kappa shape index (κ3) is 4.35. The first-order valence-corrected chi connectivity index (χ1v) is 6.49. The van der Waals surface area contributed by atoms with Crippen molar-refractivity contribution < 1.29 is 5.11 Å². The van der Waals surface area contributed by atoms with Gasteiger partial charge in [-0.2, -0.15) is 0 Å². The SMILES string of the molecule is O[C@H](CNC(=S)Nc1ccccc1)c1ccccc1. The molecule has 0 aliphatic heterocycles. The van der Waals surface area contributed by atoms with Crippen LogP contribution in [0, 0.1) is 0 Å². The molecule has 0 amide bonds. The van der Waals surface area contributed by atoms with Gasteiger partial charge in [-0.15, -0.1) is 0 Å². The molecular weight excluding hydrogens is 256 g/mol. The van der Waals surface area contributed by atoms with Crippen molar-refractivity contribution in [2.75, 3.05) is 11.9 Å². The van der Waals surface area contributed by atoms with Crippen molar-refractivity contribution in [3.63, 3.8) is 0 Å². The molecule has 98 valence electrons. The zero-order chi connectivity index (χ0) is 13.5. The number of benzene rings is 2. The second-order valence-corrected chi connectivity index (χ2v) is 4.54. The maximum atomic E-state index is 9.99. The summed E-state index contributed by atoms with van der Waals surface area (Å²) >= 11 is 5.17. The Morgan fingerprint density at radius 3 is 2.21 bits per heavy atom. The summed E-state index contributed by atoms with van der Waals surface area (Å²) in [4.78, 5) is 0. The molecule has 0 fully saturated rings. The number of thiocarbonyl (C=S) groups is 1. The van der Waals surface area contributed by atoms with Crippen LogP contribution in [0.15, 0.2) is 60.7 Å². The number of anilines is 1. The van der Waals surface area contributed by atoms with E-state index in [1.54, 1.807) is 0 Å². The molecule has 0 aromatic heterocycles. The van der Waals surface area contributed by atoms with Gasteiger partial charge in [0.25, 0.3) is 0 Å². The van der Waals surface area contributed by atoms with Crippen molar-refractivity contribution in [1.29, 1.82) is 0 Å². The Kier molecular flexibility index (Phi) is 4.89. The molecule has 0 spiro atoms. The van der Waals surface area contributed by atoms with E-state index in [0.29, 0.717) is 11.7 Å². The van der Waals surface area contributed by atoms with E-state index in [1.165, 1.54) is 0 Å². The molecule has 2 aromatic carbocycles. The van der Waals surface area contributed by atoms with E-state index in [4.69, 9.17) is 12.2 Å². The summed E-state index contributed by atoms with van der Waals surface area (Å²) in [7, 11) is 0. The Morgan fingerprint density at radius 2 is 1.58 bits per heavy atom. The minimum Gasteiger partial charge on any atom is -0.387 e. The zero-order valence-electron chi connectivity index (χ0n) is 10.4. The van der Waals surface area contributed by atoms with E-state index in [-0.39, 0.29) is 0 Å². The van der Waals surface area contributed by atoms with Gasteiger partial charge in [-0.25, -0.2) is 0 Å². The Bertz CT molecular complexity index is 516. The quantitative estimate of drug-likeness (QED) is 0.749. The Balaban J connectivity index is 1.81. The molecule has 3 nitrogen and oxygen atoms in total. The molecule has 4 heteroatoms. The van der Waals surface area contributed by atoms with E-state index < -0.39 is 6.10 Å². The first kappa shape index (κ1) is 13.5. The maximum Gasteiger partial charge on any atom is 0.170 e. The topological polar surface area (TPSA) is 44.3 Å². The monoisotopic (exact) mass is 272 g/mol. The fraction of sp³-hybridized carbons (Fsp3) is 0.133. The summed E-state index contributed by atoms with van der Waals surface area (Å²) in [6.45, 7) is 0.378. The second-order valence-electron chi connectivity index (χ2n) is 4.13. The van der Waals surface area contributed by atoms with Crippen LogP contribution in [0.2, 0.25) is 0 Å². The van der Waals surface area contributed by atoms with Gasteiger partial charge in [0, 0.05) is 12.2 Å². The van der Waals surface area contributed by atoms with Gasteiger partial charge in [0.2, 0.25) is 0 Å². The van der Waals surface area contributed by atoms with Gasteiger partial charge in [-0.3, -0.25) is 0 Å². The molecule has 2 aromatic rings. The number of aliphatic hydroxyl groups is 1. The van der Waals surface area contributed by atoms with Gasteiger partial charge in [0.05, 0.1) is 6.10 Å². The summed E-state index contributed by atoms with van der Waals surface area (Å²) in [5.41, 5.74) is 1.80. The molecule has 0 heterocycles.